The van der Waals surface area contributed by atoms with Crippen LogP contribution in [0.4, 0.5) is 0 Å². The molecule has 1 aromatic heterocycles. The second-order valence-electron chi connectivity index (χ2n) is 6.20. The molecule has 1 aromatic carbocycles. The smallest absolute Gasteiger partial charge is 0.252 e. The Morgan fingerprint density at radius 1 is 1.14 bits per heavy atom. The van der Waals surface area contributed by atoms with E-state index in [1.54, 1.807) is 0 Å². The lowest BCUT2D eigenvalue weighted by Gasteiger charge is -2.13. The lowest BCUT2D eigenvalue weighted by molar-refractivity contribution is 0.100. The summed E-state index contributed by atoms with van der Waals surface area (Å²) in [5, 5.41) is 4.64. The predicted octanol–water partition coefficient (Wildman–Crippen LogP) is 3.62. The fourth-order valence-electron chi connectivity index (χ4n) is 3.32. The van der Waals surface area contributed by atoms with Gasteiger partial charge >= 0.3 is 0 Å². The van der Waals surface area contributed by atoms with E-state index in [1.165, 1.54) is 38.5 Å². The Hall–Kier alpha value is -2.10. The first-order chi connectivity index (χ1) is 10.7. The second kappa shape index (κ2) is 6.77. The Morgan fingerprint density at radius 2 is 1.82 bits per heavy atom. The number of nitrogens with zero attached hydrogens (tertiary/aromatic N) is 2. The van der Waals surface area contributed by atoms with Crippen LogP contribution in [0, 0.1) is 5.92 Å². The molecule has 4 heteroatoms. The summed E-state index contributed by atoms with van der Waals surface area (Å²) in [6, 6.07) is 9.78. The van der Waals surface area contributed by atoms with E-state index in [0.717, 1.165) is 12.1 Å². The van der Waals surface area contributed by atoms with Crippen molar-refractivity contribution in [2.24, 2.45) is 11.7 Å². The maximum Gasteiger partial charge on any atom is 0.252 e. The van der Waals surface area contributed by atoms with Gasteiger partial charge in [-0.2, -0.15) is 5.10 Å². The third-order valence-corrected chi connectivity index (χ3v) is 4.49. The molecule has 0 unspecified atom stereocenters. The van der Waals surface area contributed by atoms with Crippen LogP contribution in [0.15, 0.2) is 36.5 Å². The highest BCUT2D eigenvalue weighted by atomic mass is 16.1. The largest absolute Gasteiger partial charge is 0.365 e. The summed E-state index contributed by atoms with van der Waals surface area (Å²) in [4.78, 5) is 11.7. The summed E-state index contributed by atoms with van der Waals surface area (Å²) in [7, 11) is 0. The zero-order valence-electron chi connectivity index (χ0n) is 12.9. The van der Waals surface area contributed by atoms with Gasteiger partial charge in [-0.1, -0.05) is 56.0 Å². The number of carbonyl (C=O) groups excluding carboxylic acids is 1. The van der Waals surface area contributed by atoms with Crippen molar-refractivity contribution >= 4 is 5.91 Å². The number of hydrogen-bond donors (Lipinski definition) is 1. The number of amides is 1. The van der Waals surface area contributed by atoms with Crippen molar-refractivity contribution in [1.82, 2.24) is 9.78 Å². The molecule has 0 spiro atoms. The van der Waals surface area contributed by atoms with E-state index >= 15 is 0 Å². The number of aromatic nitrogens is 2. The number of nitrogens with two attached hydrogens (primary N) is 1. The highest BCUT2D eigenvalue weighted by Crippen LogP contribution is 2.26. The lowest BCUT2D eigenvalue weighted by atomic mass is 10.0. The highest BCUT2D eigenvalue weighted by Gasteiger charge is 2.18. The molecule has 116 valence electrons. The summed E-state index contributed by atoms with van der Waals surface area (Å²) in [5.74, 6) is 0.248. The minimum absolute atomic E-state index is 0.411. The van der Waals surface area contributed by atoms with E-state index in [0.29, 0.717) is 17.2 Å². The summed E-state index contributed by atoms with van der Waals surface area (Å²) in [6.45, 7) is 0.882. The van der Waals surface area contributed by atoms with Crippen LogP contribution < -0.4 is 5.73 Å². The first kappa shape index (κ1) is 14.8. The summed E-state index contributed by atoms with van der Waals surface area (Å²) in [6.07, 6.45) is 9.63. The average molecular weight is 297 g/mol. The van der Waals surface area contributed by atoms with Crippen molar-refractivity contribution in [3.05, 3.63) is 42.1 Å². The van der Waals surface area contributed by atoms with E-state index in [1.807, 2.05) is 41.2 Å². The Labute approximate surface area is 131 Å². The Morgan fingerprint density at radius 3 is 2.45 bits per heavy atom. The Balaban J connectivity index is 1.85. The molecule has 1 aliphatic carbocycles. The normalized spacial score (nSPS) is 16.4. The van der Waals surface area contributed by atoms with Crippen molar-refractivity contribution in [2.45, 2.75) is 45.1 Å². The van der Waals surface area contributed by atoms with Crippen LogP contribution in [-0.4, -0.2) is 15.7 Å². The average Bonchev–Trinajstić information content (AvgIpc) is 2.78. The third-order valence-electron chi connectivity index (χ3n) is 4.49. The van der Waals surface area contributed by atoms with Gasteiger partial charge in [0.2, 0.25) is 0 Å². The summed E-state index contributed by atoms with van der Waals surface area (Å²) >= 11 is 0. The molecule has 0 aliphatic heterocycles. The van der Waals surface area contributed by atoms with Crippen LogP contribution in [0.2, 0.25) is 0 Å². The van der Waals surface area contributed by atoms with E-state index < -0.39 is 5.91 Å². The van der Waals surface area contributed by atoms with Crippen LogP contribution >= 0.6 is 0 Å². The predicted molar refractivity (Wildman–Crippen MR) is 87.4 cm³/mol. The third kappa shape index (κ3) is 3.38. The van der Waals surface area contributed by atoms with Gasteiger partial charge in [0.1, 0.15) is 5.69 Å². The number of hydrogen-bond acceptors (Lipinski definition) is 2. The lowest BCUT2D eigenvalue weighted by Crippen LogP contribution is -2.12. The maximum atomic E-state index is 11.7. The summed E-state index contributed by atoms with van der Waals surface area (Å²) < 4.78 is 1.92. The van der Waals surface area contributed by atoms with Crippen molar-refractivity contribution in [2.75, 3.05) is 0 Å². The standard InChI is InChI=1S/C18H23N3O/c19-18(22)16-13-21(12-14-8-4-1-2-5-9-14)20-17(16)15-10-6-3-7-11-15/h3,6-7,10-11,13-14H,1-2,4-5,8-9,12H2,(H2,19,22). The molecule has 1 fully saturated rings. The first-order valence-electron chi connectivity index (χ1n) is 8.16. The molecule has 1 saturated carbocycles. The van der Waals surface area contributed by atoms with Crippen molar-refractivity contribution in [3.63, 3.8) is 0 Å². The SMILES string of the molecule is NC(=O)c1cn(CC2CCCCCC2)nc1-c1ccccc1. The van der Waals surface area contributed by atoms with Gasteiger partial charge in [0.15, 0.2) is 0 Å². The van der Waals surface area contributed by atoms with Crippen molar-refractivity contribution in [1.29, 1.82) is 0 Å². The number of carbonyl (C=O) groups is 1. The molecular formula is C18H23N3O. The van der Waals surface area contributed by atoms with Crippen molar-refractivity contribution < 1.29 is 4.79 Å². The monoisotopic (exact) mass is 297 g/mol. The molecular weight excluding hydrogens is 274 g/mol. The molecule has 1 heterocycles. The molecule has 3 rings (SSSR count). The highest BCUT2D eigenvalue weighted by molar-refractivity contribution is 5.98. The topological polar surface area (TPSA) is 60.9 Å². The molecule has 0 bridgehead atoms. The van der Waals surface area contributed by atoms with Gasteiger partial charge in [0, 0.05) is 18.3 Å². The van der Waals surface area contributed by atoms with Crippen LogP contribution in [0.5, 0.6) is 0 Å². The number of primary amides is 1. The molecule has 22 heavy (non-hydrogen) atoms. The number of benzene rings is 1. The van der Waals surface area contributed by atoms with Crippen LogP contribution in [0.1, 0.15) is 48.9 Å². The molecule has 1 aliphatic rings. The zero-order chi connectivity index (χ0) is 15.4. The quantitative estimate of drug-likeness (QED) is 0.876. The number of rotatable bonds is 4. The minimum atomic E-state index is -0.411. The Kier molecular flexibility index (Phi) is 4.56. The van der Waals surface area contributed by atoms with E-state index in [-0.39, 0.29) is 0 Å². The minimum Gasteiger partial charge on any atom is -0.365 e. The van der Waals surface area contributed by atoms with Gasteiger partial charge in [0.05, 0.1) is 5.56 Å². The van der Waals surface area contributed by atoms with Crippen molar-refractivity contribution in [3.8, 4) is 11.3 Å². The molecule has 2 aromatic rings. The maximum absolute atomic E-state index is 11.7. The molecule has 2 N–H and O–H groups in total. The van der Waals surface area contributed by atoms with Crippen LogP contribution in [0.25, 0.3) is 11.3 Å². The van der Waals surface area contributed by atoms with Gasteiger partial charge in [-0.25, -0.2) is 0 Å². The van der Waals surface area contributed by atoms with Gasteiger partial charge in [-0.05, 0) is 18.8 Å². The van der Waals surface area contributed by atoms with Gasteiger partial charge in [-0.15, -0.1) is 0 Å². The first-order valence-corrected chi connectivity index (χ1v) is 8.16. The van der Waals surface area contributed by atoms with Crippen LogP contribution in [0.3, 0.4) is 0 Å². The van der Waals surface area contributed by atoms with E-state index in [4.69, 9.17) is 5.73 Å². The fourth-order valence-corrected chi connectivity index (χ4v) is 3.32. The van der Waals surface area contributed by atoms with Crippen LogP contribution in [-0.2, 0) is 6.54 Å². The van der Waals surface area contributed by atoms with Gasteiger partial charge in [0.25, 0.3) is 5.91 Å². The fraction of sp³-hybridized carbons (Fsp3) is 0.444. The molecule has 0 saturated heterocycles. The summed E-state index contributed by atoms with van der Waals surface area (Å²) in [5.41, 5.74) is 7.68. The van der Waals surface area contributed by atoms with E-state index in [9.17, 15) is 4.79 Å². The Bertz CT molecular complexity index is 625. The zero-order valence-corrected chi connectivity index (χ0v) is 12.9. The van der Waals surface area contributed by atoms with Gasteiger partial charge in [-0.3, -0.25) is 9.48 Å². The van der Waals surface area contributed by atoms with E-state index in [2.05, 4.69) is 5.10 Å². The van der Waals surface area contributed by atoms with Gasteiger partial charge < -0.3 is 5.73 Å². The molecule has 4 nitrogen and oxygen atoms in total. The molecule has 1 amide bonds. The molecule has 0 atom stereocenters. The second-order valence-corrected chi connectivity index (χ2v) is 6.20. The molecule has 0 radical (unpaired) electrons.